The molecule has 1 aromatic heterocycles. The summed E-state index contributed by atoms with van der Waals surface area (Å²) in [5.41, 5.74) is 2.23. The number of rotatable bonds is 6. The van der Waals surface area contributed by atoms with Gasteiger partial charge in [-0.3, -0.25) is 9.59 Å². The van der Waals surface area contributed by atoms with E-state index in [-0.39, 0.29) is 17.7 Å². The van der Waals surface area contributed by atoms with Crippen LogP contribution in [0.4, 0.5) is 11.5 Å². The van der Waals surface area contributed by atoms with Crippen molar-refractivity contribution in [3.63, 3.8) is 0 Å². The van der Waals surface area contributed by atoms with Crippen LogP contribution < -0.4 is 10.6 Å². The van der Waals surface area contributed by atoms with E-state index in [0.717, 1.165) is 18.4 Å². The number of halogens is 1. The van der Waals surface area contributed by atoms with Crippen molar-refractivity contribution in [1.29, 1.82) is 0 Å². The van der Waals surface area contributed by atoms with Crippen molar-refractivity contribution in [2.45, 2.75) is 19.4 Å². The van der Waals surface area contributed by atoms with Gasteiger partial charge in [-0.15, -0.1) is 0 Å². The number of nitrogens with one attached hydrogen (secondary N) is 2. The van der Waals surface area contributed by atoms with E-state index in [0.29, 0.717) is 28.6 Å². The third kappa shape index (κ3) is 4.40. The fourth-order valence-corrected chi connectivity index (χ4v) is 2.94. The van der Waals surface area contributed by atoms with Gasteiger partial charge in [0.2, 0.25) is 5.91 Å². The molecule has 1 saturated carbocycles. The van der Waals surface area contributed by atoms with Crippen LogP contribution in [0.15, 0.2) is 60.8 Å². The summed E-state index contributed by atoms with van der Waals surface area (Å²) in [5.74, 6) is 0.552. The molecule has 0 aliphatic heterocycles. The maximum absolute atomic E-state index is 12.6. The summed E-state index contributed by atoms with van der Waals surface area (Å²) in [7, 11) is 0. The molecule has 28 heavy (non-hydrogen) atoms. The highest BCUT2D eigenvalue weighted by atomic mass is 35.5. The Bertz CT molecular complexity index is 992. The normalized spacial score (nSPS) is 13.2. The van der Waals surface area contributed by atoms with E-state index >= 15 is 0 Å². The van der Waals surface area contributed by atoms with Gasteiger partial charge in [0.15, 0.2) is 0 Å². The SMILES string of the molecule is O=C(Nc1ccnn1Cc1ccc(Cl)cc1)c1ccc(NC(=O)C2CC2)cc1. The first-order valence-electron chi connectivity index (χ1n) is 9.07. The first-order valence-corrected chi connectivity index (χ1v) is 9.45. The number of anilines is 2. The summed E-state index contributed by atoms with van der Waals surface area (Å²) in [6, 6.07) is 16.1. The van der Waals surface area contributed by atoms with Crippen molar-refractivity contribution >= 4 is 34.9 Å². The molecular weight excluding hydrogens is 376 g/mol. The Balaban J connectivity index is 1.40. The Kier molecular flexibility index (Phi) is 5.12. The lowest BCUT2D eigenvalue weighted by Crippen LogP contribution is -2.17. The number of aromatic nitrogens is 2. The zero-order valence-corrected chi connectivity index (χ0v) is 15.8. The second-order valence-corrected chi connectivity index (χ2v) is 7.23. The van der Waals surface area contributed by atoms with Gasteiger partial charge in [-0.25, -0.2) is 4.68 Å². The highest BCUT2D eigenvalue weighted by Crippen LogP contribution is 2.30. The van der Waals surface area contributed by atoms with Crippen LogP contribution in [0.3, 0.4) is 0 Å². The average Bonchev–Trinajstić information content (AvgIpc) is 3.47. The summed E-state index contributed by atoms with van der Waals surface area (Å²) >= 11 is 5.92. The third-order valence-corrected chi connectivity index (χ3v) is 4.82. The molecule has 2 N–H and O–H groups in total. The summed E-state index contributed by atoms with van der Waals surface area (Å²) in [6.07, 6.45) is 3.55. The maximum Gasteiger partial charge on any atom is 0.256 e. The number of nitrogens with zero attached hydrogens (tertiary/aromatic N) is 2. The minimum atomic E-state index is -0.238. The first-order chi connectivity index (χ1) is 13.6. The predicted molar refractivity (Wildman–Crippen MR) is 109 cm³/mol. The topological polar surface area (TPSA) is 76.0 Å². The van der Waals surface area contributed by atoms with Crippen LogP contribution in [0, 0.1) is 5.92 Å². The van der Waals surface area contributed by atoms with Crippen LogP contribution in [0.5, 0.6) is 0 Å². The van der Waals surface area contributed by atoms with Gasteiger partial charge in [0, 0.05) is 28.3 Å². The highest BCUT2D eigenvalue weighted by Gasteiger charge is 2.29. The molecule has 3 aromatic rings. The van der Waals surface area contributed by atoms with Crippen LogP contribution in [-0.4, -0.2) is 21.6 Å². The molecule has 1 fully saturated rings. The molecule has 1 heterocycles. The van der Waals surface area contributed by atoms with Crippen LogP contribution in [-0.2, 0) is 11.3 Å². The van der Waals surface area contributed by atoms with Gasteiger partial charge in [0.1, 0.15) is 5.82 Å². The molecule has 0 atom stereocenters. The molecule has 0 radical (unpaired) electrons. The van der Waals surface area contributed by atoms with Crippen LogP contribution >= 0.6 is 11.6 Å². The van der Waals surface area contributed by atoms with E-state index in [1.807, 2.05) is 24.3 Å². The van der Waals surface area contributed by atoms with E-state index in [4.69, 9.17) is 11.6 Å². The predicted octanol–water partition coefficient (Wildman–Crippen LogP) is 4.19. The van der Waals surface area contributed by atoms with Crippen LogP contribution in [0.2, 0.25) is 5.02 Å². The van der Waals surface area contributed by atoms with Gasteiger partial charge in [-0.05, 0) is 54.8 Å². The van der Waals surface area contributed by atoms with Crippen molar-refractivity contribution < 1.29 is 9.59 Å². The van der Waals surface area contributed by atoms with Gasteiger partial charge in [-0.1, -0.05) is 23.7 Å². The lowest BCUT2D eigenvalue weighted by Gasteiger charge is -2.10. The van der Waals surface area contributed by atoms with Crippen molar-refractivity contribution in [2.75, 3.05) is 10.6 Å². The zero-order valence-electron chi connectivity index (χ0n) is 15.1. The van der Waals surface area contributed by atoms with E-state index in [1.54, 1.807) is 41.2 Å². The molecule has 0 saturated heterocycles. The molecule has 0 spiro atoms. The van der Waals surface area contributed by atoms with Gasteiger partial charge < -0.3 is 10.6 Å². The summed E-state index contributed by atoms with van der Waals surface area (Å²) < 4.78 is 1.71. The molecule has 0 bridgehead atoms. The Morgan fingerprint density at radius 3 is 2.39 bits per heavy atom. The summed E-state index contributed by atoms with van der Waals surface area (Å²) in [6.45, 7) is 0.520. The fraction of sp³-hybridized carbons (Fsp3) is 0.190. The van der Waals surface area contributed by atoms with E-state index in [9.17, 15) is 9.59 Å². The van der Waals surface area contributed by atoms with Crippen LogP contribution in [0.1, 0.15) is 28.8 Å². The maximum atomic E-state index is 12.6. The quantitative estimate of drug-likeness (QED) is 0.658. The van der Waals surface area contributed by atoms with Crippen LogP contribution in [0.25, 0.3) is 0 Å². The smallest absolute Gasteiger partial charge is 0.256 e. The standard InChI is InChI=1S/C21H19ClN4O2/c22-17-7-1-14(2-8-17)13-26-19(11-12-23-26)25-21(28)16-5-9-18(10-6-16)24-20(27)15-3-4-15/h1-2,5-12,15H,3-4,13H2,(H,24,27)(H,25,28). The van der Waals surface area contributed by atoms with E-state index < -0.39 is 0 Å². The first kappa shape index (κ1) is 18.3. The molecule has 0 unspecified atom stereocenters. The Hall–Kier alpha value is -3.12. The minimum absolute atomic E-state index is 0.0447. The van der Waals surface area contributed by atoms with Crippen molar-refractivity contribution in [3.8, 4) is 0 Å². The molecule has 4 rings (SSSR count). The second-order valence-electron chi connectivity index (χ2n) is 6.80. The Morgan fingerprint density at radius 1 is 1.00 bits per heavy atom. The van der Waals surface area contributed by atoms with Gasteiger partial charge in [0.25, 0.3) is 5.91 Å². The average molecular weight is 395 g/mol. The molecular formula is C21H19ClN4O2. The highest BCUT2D eigenvalue weighted by molar-refractivity contribution is 6.30. The molecule has 2 amide bonds. The third-order valence-electron chi connectivity index (χ3n) is 4.57. The number of carbonyl (C=O) groups is 2. The molecule has 6 nitrogen and oxygen atoms in total. The Labute approximate surface area is 167 Å². The second kappa shape index (κ2) is 7.86. The lowest BCUT2D eigenvalue weighted by atomic mass is 10.2. The largest absolute Gasteiger partial charge is 0.326 e. The fourth-order valence-electron chi connectivity index (χ4n) is 2.81. The lowest BCUT2D eigenvalue weighted by molar-refractivity contribution is -0.117. The summed E-state index contributed by atoms with van der Waals surface area (Å²) in [4.78, 5) is 24.4. The monoisotopic (exact) mass is 394 g/mol. The number of hydrogen-bond acceptors (Lipinski definition) is 3. The zero-order chi connectivity index (χ0) is 19.5. The number of amides is 2. The van der Waals surface area contributed by atoms with Crippen molar-refractivity contribution in [3.05, 3.63) is 76.9 Å². The van der Waals surface area contributed by atoms with Crippen molar-refractivity contribution in [2.24, 2.45) is 5.92 Å². The Morgan fingerprint density at radius 2 is 1.71 bits per heavy atom. The van der Waals surface area contributed by atoms with Gasteiger partial charge in [-0.2, -0.15) is 5.10 Å². The van der Waals surface area contributed by atoms with Crippen molar-refractivity contribution in [1.82, 2.24) is 9.78 Å². The van der Waals surface area contributed by atoms with Gasteiger partial charge in [0.05, 0.1) is 12.7 Å². The number of carbonyl (C=O) groups excluding carboxylic acids is 2. The molecule has 2 aromatic carbocycles. The van der Waals surface area contributed by atoms with E-state index in [1.165, 1.54) is 0 Å². The molecule has 7 heteroatoms. The molecule has 1 aliphatic carbocycles. The molecule has 1 aliphatic rings. The minimum Gasteiger partial charge on any atom is -0.326 e. The van der Waals surface area contributed by atoms with E-state index in [2.05, 4.69) is 15.7 Å². The summed E-state index contributed by atoms with van der Waals surface area (Å²) in [5, 5.41) is 10.7. The molecule has 142 valence electrons. The number of hydrogen-bond donors (Lipinski definition) is 2. The van der Waals surface area contributed by atoms with Gasteiger partial charge >= 0.3 is 0 Å². The number of benzene rings is 2.